The van der Waals surface area contributed by atoms with Crippen molar-refractivity contribution in [2.75, 3.05) is 44.8 Å². The number of nitrogens with zero attached hydrogens (tertiary/aromatic N) is 5. The first kappa shape index (κ1) is 41.4. The summed E-state index contributed by atoms with van der Waals surface area (Å²) < 4.78 is 13.0. The summed E-state index contributed by atoms with van der Waals surface area (Å²) >= 11 is 21.3. The molecule has 1 aliphatic heterocycles. The van der Waals surface area contributed by atoms with Crippen LogP contribution in [0.4, 0.5) is 5.82 Å². The van der Waals surface area contributed by atoms with Crippen LogP contribution in [0, 0.1) is 20.8 Å². The molecule has 294 valence electrons. The Balaban J connectivity index is 0.866. The standard InChI is InChI=1S/C38H39Cl3N8O5S2/c1-21-22(2)56-38-34(21)35(24-6-9-26(39)10-7-24)44-29(36-48-47-23(3)49(36)38)18-32(51)43-13-14-53-15-16-54-19-33(52)42-12-4-5-31(50)45-30-20-55-37(46-30)25-8-11-27(40)28(41)17-25/h6-11,17,20,29H,4-5,12-16,18-19H2,1-3H3,(H,42,52)(H,43,51)(H,45,50)/t29-/m0/s1. The van der Waals surface area contributed by atoms with E-state index >= 15 is 0 Å². The quantitative estimate of drug-likeness (QED) is 0.0821. The Kier molecular flexibility index (Phi) is 14.3. The highest BCUT2D eigenvalue weighted by Gasteiger charge is 2.32. The summed E-state index contributed by atoms with van der Waals surface area (Å²) in [5, 5.41) is 22.1. The fourth-order valence-electron chi connectivity index (χ4n) is 5.85. The number of benzene rings is 2. The van der Waals surface area contributed by atoms with Crippen molar-refractivity contribution in [3.05, 3.63) is 96.1 Å². The molecule has 3 aromatic heterocycles. The molecule has 0 fully saturated rings. The number of thiazole rings is 1. The molecule has 6 rings (SSSR count). The molecule has 3 amide bonds. The maximum absolute atomic E-state index is 13.2. The number of rotatable bonds is 17. The van der Waals surface area contributed by atoms with Crippen molar-refractivity contribution in [2.24, 2.45) is 4.99 Å². The van der Waals surface area contributed by atoms with E-state index in [0.29, 0.717) is 44.7 Å². The van der Waals surface area contributed by atoms with Gasteiger partial charge in [-0.1, -0.05) is 53.0 Å². The Hall–Kier alpha value is -4.22. The Bertz CT molecular complexity index is 2240. The zero-order valence-electron chi connectivity index (χ0n) is 30.8. The summed E-state index contributed by atoms with van der Waals surface area (Å²) in [6.07, 6.45) is 0.722. The van der Waals surface area contributed by atoms with Gasteiger partial charge >= 0.3 is 0 Å². The van der Waals surface area contributed by atoms with E-state index in [9.17, 15) is 14.4 Å². The third-order valence-electron chi connectivity index (χ3n) is 8.75. The predicted molar refractivity (Wildman–Crippen MR) is 221 cm³/mol. The topological polar surface area (TPSA) is 162 Å². The van der Waals surface area contributed by atoms with Crippen LogP contribution in [0.3, 0.4) is 0 Å². The SMILES string of the molecule is Cc1sc2c(c1C)C(c1ccc(Cl)cc1)=N[C@@H](CC(=O)NCCOCCOCC(=O)NCCCC(=O)Nc1csc(-c3ccc(Cl)c(Cl)c3)n1)c1nnc(C)n1-2. The molecule has 0 saturated heterocycles. The van der Waals surface area contributed by atoms with Crippen molar-refractivity contribution < 1.29 is 23.9 Å². The largest absolute Gasteiger partial charge is 0.377 e. The van der Waals surface area contributed by atoms with E-state index in [1.807, 2.05) is 41.8 Å². The number of anilines is 1. The third-order valence-corrected chi connectivity index (χ3v) is 11.8. The van der Waals surface area contributed by atoms with E-state index < -0.39 is 6.04 Å². The molecule has 18 heteroatoms. The van der Waals surface area contributed by atoms with Crippen molar-refractivity contribution in [3.8, 4) is 15.6 Å². The van der Waals surface area contributed by atoms with Crippen LogP contribution < -0.4 is 16.0 Å². The van der Waals surface area contributed by atoms with E-state index in [1.54, 1.807) is 28.8 Å². The number of thiophene rings is 1. The molecule has 0 spiro atoms. The first-order valence-electron chi connectivity index (χ1n) is 17.7. The Labute approximate surface area is 346 Å². The number of aliphatic imine (C=N–C) groups is 1. The number of carbonyl (C=O) groups is 3. The van der Waals surface area contributed by atoms with Gasteiger partial charge in [0.05, 0.1) is 42.0 Å². The van der Waals surface area contributed by atoms with E-state index in [-0.39, 0.29) is 63.5 Å². The minimum absolute atomic E-state index is 0.0684. The Morgan fingerprint density at radius 3 is 2.39 bits per heavy atom. The average molecular weight is 858 g/mol. The number of amides is 3. The molecule has 4 heterocycles. The second kappa shape index (κ2) is 19.3. The van der Waals surface area contributed by atoms with Crippen LogP contribution in [0.15, 0.2) is 52.8 Å². The van der Waals surface area contributed by atoms with E-state index in [0.717, 1.165) is 38.8 Å². The number of fused-ring (bicyclic) bond motifs is 3. The minimum Gasteiger partial charge on any atom is -0.377 e. The molecule has 0 radical (unpaired) electrons. The predicted octanol–water partition coefficient (Wildman–Crippen LogP) is 7.30. The molecular weight excluding hydrogens is 819 g/mol. The lowest BCUT2D eigenvalue weighted by atomic mass is 9.99. The van der Waals surface area contributed by atoms with Gasteiger partial charge in [0.25, 0.3) is 0 Å². The van der Waals surface area contributed by atoms with Crippen molar-refractivity contribution >= 4 is 86.7 Å². The Morgan fingerprint density at radius 2 is 1.61 bits per heavy atom. The number of nitrogens with one attached hydrogen (secondary N) is 3. The van der Waals surface area contributed by atoms with Crippen molar-refractivity contribution in [1.29, 1.82) is 0 Å². The minimum atomic E-state index is -0.571. The summed E-state index contributed by atoms with van der Waals surface area (Å²) in [5.41, 5.74) is 4.60. The van der Waals surface area contributed by atoms with Crippen LogP contribution in [0.5, 0.6) is 0 Å². The van der Waals surface area contributed by atoms with Gasteiger partial charge < -0.3 is 25.4 Å². The molecule has 56 heavy (non-hydrogen) atoms. The van der Waals surface area contributed by atoms with Gasteiger partial charge in [-0.25, -0.2) is 4.98 Å². The molecule has 5 aromatic rings. The van der Waals surface area contributed by atoms with Crippen LogP contribution in [-0.2, 0) is 23.9 Å². The summed E-state index contributed by atoms with van der Waals surface area (Å²) in [7, 11) is 0. The van der Waals surface area contributed by atoms with E-state index in [4.69, 9.17) is 49.3 Å². The molecule has 1 aliphatic rings. The molecule has 13 nitrogen and oxygen atoms in total. The number of ether oxygens (including phenoxy) is 2. The normalized spacial score (nSPS) is 13.4. The van der Waals surface area contributed by atoms with Gasteiger partial charge in [0, 0.05) is 51.5 Å². The van der Waals surface area contributed by atoms with E-state index in [1.165, 1.54) is 16.2 Å². The number of aryl methyl sites for hydroxylation is 2. The molecular formula is C38H39Cl3N8O5S2. The van der Waals surface area contributed by atoms with Gasteiger partial charge in [0.1, 0.15) is 34.3 Å². The second-order valence-corrected chi connectivity index (χ2v) is 16.1. The van der Waals surface area contributed by atoms with E-state index in [2.05, 4.69) is 45.0 Å². The summed E-state index contributed by atoms with van der Waals surface area (Å²) in [4.78, 5) is 48.4. The van der Waals surface area contributed by atoms with Crippen LogP contribution in [-0.4, -0.2) is 82.7 Å². The lowest BCUT2D eigenvalue weighted by Crippen LogP contribution is -2.30. The fraction of sp³-hybridized carbons (Fsp3) is 0.342. The first-order chi connectivity index (χ1) is 27.0. The highest BCUT2D eigenvalue weighted by atomic mass is 35.5. The highest BCUT2D eigenvalue weighted by Crippen LogP contribution is 2.39. The monoisotopic (exact) mass is 856 g/mol. The smallest absolute Gasteiger partial charge is 0.245 e. The zero-order chi connectivity index (χ0) is 39.8. The average Bonchev–Trinajstić information content (AvgIpc) is 3.85. The lowest BCUT2D eigenvalue weighted by molar-refractivity contribution is -0.126. The molecule has 0 aliphatic carbocycles. The van der Waals surface area contributed by atoms with Gasteiger partial charge in [0.2, 0.25) is 17.7 Å². The summed E-state index contributed by atoms with van der Waals surface area (Å²) in [6, 6.07) is 12.2. The lowest BCUT2D eigenvalue weighted by Gasteiger charge is -2.13. The number of hydrogen-bond donors (Lipinski definition) is 3. The van der Waals surface area contributed by atoms with Gasteiger partial charge in [-0.15, -0.1) is 32.9 Å². The number of aromatic nitrogens is 4. The van der Waals surface area contributed by atoms with Crippen LogP contribution >= 0.6 is 57.5 Å². The van der Waals surface area contributed by atoms with Crippen LogP contribution in [0.2, 0.25) is 15.1 Å². The Morgan fingerprint density at radius 1 is 0.857 bits per heavy atom. The highest BCUT2D eigenvalue weighted by molar-refractivity contribution is 7.15. The van der Waals surface area contributed by atoms with Crippen molar-refractivity contribution in [2.45, 2.75) is 46.1 Å². The van der Waals surface area contributed by atoms with Gasteiger partial charge in [-0.2, -0.15) is 0 Å². The van der Waals surface area contributed by atoms with Gasteiger partial charge in [-0.3, -0.25) is 23.9 Å². The van der Waals surface area contributed by atoms with Gasteiger partial charge in [-0.05, 0) is 57.0 Å². The second-order valence-electron chi connectivity index (χ2n) is 12.8. The number of hydrogen-bond acceptors (Lipinski definition) is 11. The maximum Gasteiger partial charge on any atom is 0.245 e. The number of carbonyl (C=O) groups excluding carboxylic acids is 3. The molecule has 2 aromatic carbocycles. The molecule has 0 bridgehead atoms. The number of halogens is 3. The molecule has 0 unspecified atom stereocenters. The first-order valence-corrected chi connectivity index (χ1v) is 20.6. The third kappa shape index (κ3) is 10.4. The maximum atomic E-state index is 13.2. The molecule has 0 saturated carbocycles. The summed E-state index contributed by atoms with van der Waals surface area (Å²) in [6.45, 7) is 7.22. The summed E-state index contributed by atoms with van der Waals surface area (Å²) in [5.74, 6) is 1.06. The molecule has 1 atom stereocenters. The van der Waals surface area contributed by atoms with Crippen molar-refractivity contribution in [1.82, 2.24) is 30.4 Å². The van der Waals surface area contributed by atoms with Crippen LogP contribution in [0.25, 0.3) is 15.6 Å². The fourth-order valence-corrected chi connectivity index (χ4v) is 8.24. The van der Waals surface area contributed by atoms with Gasteiger partial charge in [0.15, 0.2) is 5.82 Å². The van der Waals surface area contributed by atoms with Crippen molar-refractivity contribution in [3.63, 3.8) is 0 Å². The molecule has 3 N–H and O–H groups in total. The van der Waals surface area contributed by atoms with Crippen LogP contribution in [0.1, 0.15) is 58.5 Å². The zero-order valence-corrected chi connectivity index (χ0v) is 34.7.